The molecular formula is C23H23ClN2O5S. The summed E-state index contributed by atoms with van der Waals surface area (Å²) in [5.41, 5.74) is 0.408. The van der Waals surface area contributed by atoms with Crippen molar-refractivity contribution < 1.29 is 22.7 Å². The number of para-hydroxylation sites is 3. The van der Waals surface area contributed by atoms with Crippen LogP contribution in [0.2, 0.25) is 5.02 Å². The summed E-state index contributed by atoms with van der Waals surface area (Å²) in [6.45, 7) is 3.46. The molecule has 0 aliphatic rings. The number of ether oxygens (including phenoxy) is 2. The van der Waals surface area contributed by atoms with Crippen molar-refractivity contribution in [2.75, 3.05) is 11.9 Å². The monoisotopic (exact) mass is 474 g/mol. The van der Waals surface area contributed by atoms with Gasteiger partial charge in [-0.2, -0.15) is 4.72 Å². The Kier molecular flexibility index (Phi) is 7.74. The van der Waals surface area contributed by atoms with Crippen molar-refractivity contribution in [1.82, 2.24) is 4.72 Å². The first-order chi connectivity index (χ1) is 15.3. The Labute approximate surface area is 192 Å². The number of halogens is 1. The van der Waals surface area contributed by atoms with E-state index in [-0.39, 0.29) is 22.3 Å². The van der Waals surface area contributed by atoms with Gasteiger partial charge in [-0.3, -0.25) is 4.79 Å². The van der Waals surface area contributed by atoms with Gasteiger partial charge in [-0.1, -0.05) is 41.9 Å². The van der Waals surface area contributed by atoms with Crippen molar-refractivity contribution in [3.8, 4) is 17.2 Å². The fraction of sp³-hybridized carbons (Fsp3) is 0.174. The molecule has 3 aromatic carbocycles. The molecule has 0 aliphatic carbocycles. The number of sulfonamides is 1. The predicted octanol–water partition coefficient (Wildman–Crippen LogP) is 4.84. The van der Waals surface area contributed by atoms with Crippen LogP contribution in [0.4, 0.5) is 5.69 Å². The molecular weight excluding hydrogens is 452 g/mol. The molecule has 32 heavy (non-hydrogen) atoms. The van der Waals surface area contributed by atoms with Crippen LogP contribution >= 0.6 is 11.6 Å². The number of amides is 1. The van der Waals surface area contributed by atoms with Crippen molar-refractivity contribution >= 4 is 33.2 Å². The third-order valence-electron chi connectivity index (χ3n) is 4.34. The normalized spacial score (nSPS) is 12.1. The molecule has 0 radical (unpaired) electrons. The van der Waals surface area contributed by atoms with Crippen LogP contribution in [0.15, 0.2) is 77.7 Å². The fourth-order valence-corrected chi connectivity index (χ4v) is 4.44. The second-order valence-corrected chi connectivity index (χ2v) is 8.89. The van der Waals surface area contributed by atoms with E-state index in [2.05, 4.69) is 10.0 Å². The molecule has 1 atom stereocenters. The van der Waals surface area contributed by atoms with Gasteiger partial charge in [0, 0.05) is 5.02 Å². The molecule has 0 bridgehead atoms. The molecule has 1 amide bonds. The summed E-state index contributed by atoms with van der Waals surface area (Å²) in [7, 11) is -4.08. The van der Waals surface area contributed by atoms with Gasteiger partial charge in [0.05, 0.1) is 18.3 Å². The van der Waals surface area contributed by atoms with Crippen LogP contribution in [0, 0.1) is 0 Å². The van der Waals surface area contributed by atoms with E-state index < -0.39 is 22.0 Å². The summed E-state index contributed by atoms with van der Waals surface area (Å²) in [4.78, 5) is 12.6. The molecule has 0 aliphatic heterocycles. The highest BCUT2D eigenvalue weighted by atomic mass is 35.5. The molecule has 3 rings (SSSR count). The van der Waals surface area contributed by atoms with Gasteiger partial charge in [0.25, 0.3) is 0 Å². The zero-order valence-corrected chi connectivity index (χ0v) is 19.1. The van der Waals surface area contributed by atoms with E-state index in [0.29, 0.717) is 17.2 Å². The topological polar surface area (TPSA) is 93.7 Å². The molecule has 1 unspecified atom stereocenters. The van der Waals surface area contributed by atoms with E-state index in [4.69, 9.17) is 21.1 Å². The molecule has 0 aromatic heterocycles. The van der Waals surface area contributed by atoms with E-state index >= 15 is 0 Å². The largest absolute Gasteiger partial charge is 0.492 e. The number of hydrogen-bond acceptors (Lipinski definition) is 5. The van der Waals surface area contributed by atoms with Crippen LogP contribution in [0.3, 0.4) is 0 Å². The van der Waals surface area contributed by atoms with Crippen LogP contribution in [0.5, 0.6) is 17.2 Å². The van der Waals surface area contributed by atoms with E-state index in [1.165, 1.54) is 25.1 Å². The Balaban J connectivity index is 1.75. The maximum Gasteiger partial charge on any atom is 0.245 e. The minimum atomic E-state index is -4.08. The summed E-state index contributed by atoms with van der Waals surface area (Å²) < 4.78 is 39.4. The zero-order valence-electron chi connectivity index (χ0n) is 17.5. The Bertz CT molecular complexity index is 1190. The molecule has 7 nitrogen and oxygen atoms in total. The number of carbonyl (C=O) groups is 1. The number of rotatable bonds is 9. The Hall–Kier alpha value is -3.07. The van der Waals surface area contributed by atoms with E-state index in [1.54, 1.807) is 43.3 Å². The molecule has 3 aromatic rings. The van der Waals surface area contributed by atoms with Crippen LogP contribution in [-0.2, 0) is 14.8 Å². The Morgan fingerprint density at radius 3 is 2.41 bits per heavy atom. The highest BCUT2D eigenvalue weighted by Gasteiger charge is 2.26. The Morgan fingerprint density at radius 1 is 1.00 bits per heavy atom. The highest BCUT2D eigenvalue weighted by molar-refractivity contribution is 7.89. The van der Waals surface area contributed by atoms with Crippen molar-refractivity contribution in [3.63, 3.8) is 0 Å². The van der Waals surface area contributed by atoms with Gasteiger partial charge in [-0.25, -0.2) is 8.42 Å². The lowest BCUT2D eigenvalue weighted by Gasteiger charge is -2.18. The summed E-state index contributed by atoms with van der Waals surface area (Å²) in [6, 6.07) is 19.2. The number of nitrogens with one attached hydrogen (secondary N) is 2. The van der Waals surface area contributed by atoms with Gasteiger partial charge in [0.2, 0.25) is 15.9 Å². The van der Waals surface area contributed by atoms with Gasteiger partial charge < -0.3 is 14.8 Å². The van der Waals surface area contributed by atoms with Crippen molar-refractivity contribution in [2.45, 2.75) is 24.8 Å². The van der Waals surface area contributed by atoms with E-state index in [0.717, 1.165) is 0 Å². The van der Waals surface area contributed by atoms with E-state index in [9.17, 15) is 13.2 Å². The molecule has 0 saturated carbocycles. The third kappa shape index (κ3) is 6.00. The van der Waals surface area contributed by atoms with Crippen molar-refractivity contribution in [2.24, 2.45) is 0 Å². The Morgan fingerprint density at radius 2 is 1.69 bits per heavy atom. The minimum Gasteiger partial charge on any atom is -0.492 e. The van der Waals surface area contributed by atoms with Gasteiger partial charge >= 0.3 is 0 Å². The molecule has 0 saturated heterocycles. The molecule has 2 N–H and O–H groups in total. The SMILES string of the molecule is CCOc1ccc(Cl)cc1S(=O)(=O)NC(C)C(=O)Nc1ccccc1Oc1ccccc1. The summed E-state index contributed by atoms with van der Waals surface area (Å²) in [6.07, 6.45) is 0. The fourth-order valence-electron chi connectivity index (χ4n) is 2.83. The number of carbonyl (C=O) groups excluding carboxylic acids is 1. The number of benzene rings is 3. The van der Waals surface area contributed by atoms with E-state index in [1.807, 2.05) is 18.2 Å². The maximum atomic E-state index is 12.9. The molecule has 9 heteroatoms. The highest BCUT2D eigenvalue weighted by Crippen LogP contribution is 2.30. The first kappa shape index (κ1) is 23.6. The number of anilines is 1. The van der Waals surface area contributed by atoms with Gasteiger partial charge in [-0.15, -0.1) is 0 Å². The first-order valence-electron chi connectivity index (χ1n) is 9.87. The molecule has 0 heterocycles. The average molecular weight is 475 g/mol. The minimum absolute atomic E-state index is 0.140. The van der Waals surface area contributed by atoms with Gasteiger partial charge in [0.1, 0.15) is 16.4 Å². The zero-order chi connectivity index (χ0) is 23.1. The summed E-state index contributed by atoms with van der Waals surface area (Å²) in [5, 5.41) is 2.94. The second kappa shape index (κ2) is 10.5. The average Bonchev–Trinajstić information content (AvgIpc) is 2.77. The maximum absolute atomic E-state index is 12.9. The van der Waals surface area contributed by atoms with Crippen molar-refractivity contribution in [3.05, 3.63) is 77.8 Å². The molecule has 168 valence electrons. The molecule has 0 spiro atoms. The van der Waals surface area contributed by atoms with Crippen LogP contribution in [-0.4, -0.2) is 27.0 Å². The first-order valence-corrected chi connectivity index (χ1v) is 11.7. The standard InChI is InChI=1S/C23H23ClN2O5S/c1-3-30-21-14-13-17(24)15-22(21)32(28,29)26-16(2)23(27)25-19-11-7-8-12-20(19)31-18-9-5-4-6-10-18/h4-16,26H,3H2,1-2H3,(H,25,27). The third-order valence-corrected chi connectivity index (χ3v) is 6.13. The van der Waals surface area contributed by atoms with Crippen LogP contribution < -0.4 is 19.5 Å². The quantitative estimate of drug-likeness (QED) is 0.463. The lowest BCUT2D eigenvalue weighted by molar-refractivity contribution is -0.117. The van der Waals surface area contributed by atoms with Gasteiger partial charge in [-0.05, 0) is 56.3 Å². The predicted molar refractivity (Wildman–Crippen MR) is 124 cm³/mol. The van der Waals surface area contributed by atoms with Crippen LogP contribution in [0.1, 0.15) is 13.8 Å². The van der Waals surface area contributed by atoms with Gasteiger partial charge in [0.15, 0.2) is 5.75 Å². The lowest BCUT2D eigenvalue weighted by atomic mass is 10.2. The summed E-state index contributed by atoms with van der Waals surface area (Å²) >= 11 is 5.97. The number of hydrogen-bond donors (Lipinski definition) is 2. The lowest BCUT2D eigenvalue weighted by Crippen LogP contribution is -2.41. The second-order valence-electron chi connectivity index (χ2n) is 6.77. The van der Waals surface area contributed by atoms with Crippen molar-refractivity contribution in [1.29, 1.82) is 0 Å². The smallest absolute Gasteiger partial charge is 0.245 e. The molecule has 0 fully saturated rings. The van der Waals surface area contributed by atoms with Crippen LogP contribution in [0.25, 0.3) is 0 Å². The summed E-state index contributed by atoms with van der Waals surface area (Å²) in [5.74, 6) is 0.624.